The van der Waals surface area contributed by atoms with Gasteiger partial charge >= 0.3 is 0 Å². The maximum absolute atomic E-state index is 9.42. The molecule has 0 spiro atoms. The van der Waals surface area contributed by atoms with Gasteiger partial charge in [0.1, 0.15) is 0 Å². The summed E-state index contributed by atoms with van der Waals surface area (Å²) in [4.78, 5) is 0. The molecule has 0 aromatic rings. The summed E-state index contributed by atoms with van der Waals surface area (Å²) in [7, 11) is 0. The lowest BCUT2D eigenvalue weighted by Crippen LogP contribution is -2.38. The molecule has 0 radical (unpaired) electrons. The van der Waals surface area contributed by atoms with Gasteiger partial charge in [0, 0.05) is 0 Å². The van der Waals surface area contributed by atoms with Gasteiger partial charge < -0.3 is 15.6 Å². The Balaban J connectivity index is 2.13. The third-order valence-electron chi connectivity index (χ3n) is 2.53. The van der Waals surface area contributed by atoms with Gasteiger partial charge in [-0.2, -0.15) is 0 Å². The van der Waals surface area contributed by atoms with Crippen LogP contribution in [0.3, 0.4) is 0 Å². The van der Waals surface area contributed by atoms with Crippen molar-refractivity contribution in [2.24, 2.45) is 5.73 Å². The van der Waals surface area contributed by atoms with Crippen molar-refractivity contribution in [3.05, 3.63) is 0 Å². The van der Waals surface area contributed by atoms with Gasteiger partial charge in [0.05, 0.1) is 24.4 Å². The van der Waals surface area contributed by atoms with Gasteiger partial charge in [-0.15, -0.1) is 0 Å². The van der Waals surface area contributed by atoms with Gasteiger partial charge in [-0.25, -0.2) is 0 Å². The van der Waals surface area contributed by atoms with Crippen LogP contribution < -0.4 is 5.73 Å². The average Bonchev–Trinajstić information content (AvgIpc) is 2.17. The predicted molar refractivity (Wildman–Crippen MR) is 36.5 cm³/mol. The van der Waals surface area contributed by atoms with Crippen LogP contribution in [-0.2, 0) is 4.74 Å². The van der Waals surface area contributed by atoms with E-state index in [1.165, 1.54) is 0 Å². The minimum absolute atomic E-state index is 0.0359. The summed E-state index contributed by atoms with van der Waals surface area (Å²) in [5.41, 5.74) is 5.69. The summed E-state index contributed by atoms with van der Waals surface area (Å²) in [6.07, 6.45) is 2.91. The molecule has 2 aliphatic rings. The van der Waals surface area contributed by atoms with Crippen LogP contribution >= 0.6 is 0 Å². The summed E-state index contributed by atoms with van der Waals surface area (Å²) in [5.74, 6) is 0. The number of aliphatic hydroxyl groups excluding tert-OH is 1. The zero-order chi connectivity index (χ0) is 7.14. The number of hydrogen-bond acceptors (Lipinski definition) is 3. The molecule has 58 valence electrons. The van der Waals surface area contributed by atoms with Gasteiger partial charge in [-0.3, -0.25) is 0 Å². The van der Waals surface area contributed by atoms with Crippen molar-refractivity contribution >= 4 is 0 Å². The van der Waals surface area contributed by atoms with Crippen LogP contribution in [0, 0.1) is 0 Å². The van der Waals surface area contributed by atoms with E-state index >= 15 is 0 Å². The number of rotatable bonds is 0. The van der Waals surface area contributed by atoms with E-state index in [-0.39, 0.29) is 18.2 Å². The second-order valence-corrected chi connectivity index (χ2v) is 3.21. The van der Waals surface area contributed by atoms with Crippen LogP contribution in [-0.4, -0.2) is 29.5 Å². The van der Waals surface area contributed by atoms with Crippen LogP contribution in [0.15, 0.2) is 0 Å². The molecule has 2 aliphatic heterocycles. The van der Waals surface area contributed by atoms with Gasteiger partial charge in [0.15, 0.2) is 0 Å². The standard InChI is InChI=1S/C7H13NO2/c8-6-4-2-1-3-5(10-4)7(6)9/h4-7,9H,1-3,8H2/t4?,5?,6-,7+/m1/s1. The minimum atomic E-state index is -0.410. The highest BCUT2D eigenvalue weighted by atomic mass is 16.5. The van der Waals surface area contributed by atoms with Gasteiger partial charge in [-0.1, -0.05) is 0 Å². The second kappa shape index (κ2) is 2.19. The Morgan fingerprint density at radius 2 is 2.00 bits per heavy atom. The van der Waals surface area contributed by atoms with Crippen molar-refractivity contribution in [2.75, 3.05) is 0 Å². The van der Waals surface area contributed by atoms with E-state index < -0.39 is 6.10 Å². The van der Waals surface area contributed by atoms with Crippen molar-refractivity contribution in [3.8, 4) is 0 Å². The van der Waals surface area contributed by atoms with E-state index in [4.69, 9.17) is 10.5 Å². The summed E-state index contributed by atoms with van der Waals surface area (Å²) in [5, 5.41) is 9.42. The maximum atomic E-state index is 9.42. The van der Waals surface area contributed by atoms with Crippen molar-refractivity contribution < 1.29 is 9.84 Å². The molecule has 2 unspecified atom stereocenters. The molecule has 0 aromatic carbocycles. The first kappa shape index (κ1) is 6.58. The molecule has 2 rings (SSSR count). The normalized spacial score (nSPS) is 53.4. The lowest BCUT2D eigenvalue weighted by Gasteiger charge is -2.19. The maximum Gasteiger partial charge on any atom is 0.0977 e. The highest BCUT2D eigenvalue weighted by Gasteiger charge is 2.43. The Morgan fingerprint density at radius 3 is 2.60 bits per heavy atom. The first-order valence-electron chi connectivity index (χ1n) is 3.88. The van der Waals surface area contributed by atoms with Crippen molar-refractivity contribution in [1.29, 1.82) is 0 Å². The lowest BCUT2D eigenvalue weighted by molar-refractivity contribution is -0.0224. The first-order valence-corrected chi connectivity index (χ1v) is 3.88. The molecule has 2 bridgehead atoms. The smallest absolute Gasteiger partial charge is 0.0977 e. The molecule has 0 aliphatic carbocycles. The fourth-order valence-corrected chi connectivity index (χ4v) is 1.88. The van der Waals surface area contributed by atoms with E-state index in [1.54, 1.807) is 0 Å². The molecule has 10 heavy (non-hydrogen) atoms. The Morgan fingerprint density at radius 1 is 1.30 bits per heavy atom. The molecule has 2 heterocycles. The molecular weight excluding hydrogens is 130 g/mol. The highest BCUT2D eigenvalue weighted by Crippen LogP contribution is 2.31. The number of aliphatic hydroxyl groups is 1. The Kier molecular flexibility index (Phi) is 1.44. The molecular formula is C7H13NO2. The SMILES string of the molecule is N[C@@H]1C2CCCC(O2)[C@@H]1O. The van der Waals surface area contributed by atoms with Crippen LogP contribution in [0.5, 0.6) is 0 Å². The van der Waals surface area contributed by atoms with Crippen LogP contribution in [0.2, 0.25) is 0 Å². The number of ether oxygens (including phenoxy) is 1. The molecule has 2 fully saturated rings. The van der Waals surface area contributed by atoms with E-state index in [0.29, 0.717) is 0 Å². The lowest BCUT2D eigenvalue weighted by atomic mass is 10.1. The quantitative estimate of drug-likeness (QED) is 0.486. The summed E-state index contributed by atoms with van der Waals surface area (Å²) in [6.45, 7) is 0. The topological polar surface area (TPSA) is 55.5 Å². The van der Waals surface area contributed by atoms with E-state index in [1.807, 2.05) is 0 Å². The Hall–Kier alpha value is -0.120. The molecule has 0 aromatic heterocycles. The van der Waals surface area contributed by atoms with E-state index in [0.717, 1.165) is 19.3 Å². The Labute approximate surface area is 60.2 Å². The largest absolute Gasteiger partial charge is 0.389 e. The zero-order valence-electron chi connectivity index (χ0n) is 5.86. The summed E-state index contributed by atoms with van der Waals surface area (Å²) < 4.78 is 5.45. The highest BCUT2D eigenvalue weighted by molar-refractivity contribution is 4.96. The van der Waals surface area contributed by atoms with Crippen molar-refractivity contribution in [2.45, 2.75) is 43.6 Å². The average molecular weight is 143 g/mol. The fourth-order valence-electron chi connectivity index (χ4n) is 1.88. The molecule has 0 saturated carbocycles. The first-order chi connectivity index (χ1) is 4.79. The molecule has 4 atom stereocenters. The number of fused-ring (bicyclic) bond motifs is 2. The van der Waals surface area contributed by atoms with Crippen LogP contribution in [0.1, 0.15) is 19.3 Å². The predicted octanol–water partition coefficient (Wildman–Crippen LogP) is -0.374. The number of nitrogens with two attached hydrogens (primary N) is 1. The summed E-state index contributed by atoms with van der Waals surface area (Å²) >= 11 is 0. The summed E-state index contributed by atoms with van der Waals surface area (Å²) in [6, 6.07) is -0.132. The van der Waals surface area contributed by atoms with Crippen molar-refractivity contribution in [3.63, 3.8) is 0 Å². The zero-order valence-corrected chi connectivity index (χ0v) is 5.86. The molecule has 0 amide bonds. The van der Waals surface area contributed by atoms with Crippen LogP contribution in [0.25, 0.3) is 0 Å². The fraction of sp³-hybridized carbons (Fsp3) is 1.00. The third-order valence-corrected chi connectivity index (χ3v) is 2.53. The molecule has 3 heteroatoms. The van der Waals surface area contributed by atoms with Gasteiger partial charge in [-0.05, 0) is 19.3 Å². The third kappa shape index (κ3) is 0.779. The number of hydrogen-bond donors (Lipinski definition) is 2. The second-order valence-electron chi connectivity index (χ2n) is 3.21. The van der Waals surface area contributed by atoms with Gasteiger partial charge in [0.2, 0.25) is 0 Å². The minimum Gasteiger partial charge on any atom is -0.389 e. The molecule has 3 nitrogen and oxygen atoms in total. The van der Waals surface area contributed by atoms with E-state index in [9.17, 15) is 5.11 Å². The Bertz CT molecular complexity index is 122. The van der Waals surface area contributed by atoms with Gasteiger partial charge in [0.25, 0.3) is 0 Å². The van der Waals surface area contributed by atoms with E-state index in [2.05, 4.69) is 0 Å². The monoisotopic (exact) mass is 143 g/mol. The molecule has 3 N–H and O–H groups in total. The molecule has 2 saturated heterocycles. The van der Waals surface area contributed by atoms with Crippen molar-refractivity contribution in [1.82, 2.24) is 0 Å². The van der Waals surface area contributed by atoms with Crippen LogP contribution in [0.4, 0.5) is 0 Å².